The number of nitrogens with zero attached hydrogens (tertiary/aromatic N) is 2. The topological polar surface area (TPSA) is 101 Å². The Bertz CT molecular complexity index is 1300. The molecule has 8 nitrogen and oxygen atoms in total. The summed E-state index contributed by atoms with van der Waals surface area (Å²) in [4.78, 5) is 19.0. The lowest BCUT2D eigenvalue weighted by Crippen LogP contribution is -2.54. The van der Waals surface area contributed by atoms with Crippen LogP contribution in [0.3, 0.4) is 0 Å². The Labute approximate surface area is 219 Å². The number of ether oxygens (including phenoxy) is 3. The van der Waals surface area contributed by atoms with Gasteiger partial charge in [0.05, 0.1) is 43.8 Å². The van der Waals surface area contributed by atoms with Gasteiger partial charge in [0, 0.05) is 18.7 Å². The summed E-state index contributed by atoms with van der Waals surface area (Å²) < 4.78 is 44.0. The number of halogens is 2. The molecular weight excluding hydrogens is 498 g/mol. The van der Waals surface area contributed by atoms with Crippen LogP contribution in [0.2, 0.25) is 0 Å². The van der Waals surface area contributed by atoms with E-state index < -0.39 is 35.3 Å². The fourth-order valence-electron chi connectivity index (χ4n) is 4.42. The predicted octanol–water partition coefficient (Wildman–Crippen LogP) is 4.84. The van der Waals surface area contributed by atoms with Gasteiger partial charge in [-0.2, -0.15) is 0 Å². The smallest absolute Gasteiger partial charge is 0.263 e. The summed E-state index contributed by atoms with van der Waals surface area (Å²) in [5, 5.41) is 22.1. The van der Waals surface area contributed by atoms with Crippen molar-refractivity contribution in [1.29, 1.82) is 0 Å². The summed E-state index contributed by atoms with van der Waals surface area (Å²) >= 11 is 0. The number of aromatic hydroxyl groups is 2. The Morgan fingerprint density at radius 1 is 1.05 bits per heavy atom. The first-order valence-corrected chi connectivity index (χ1v) is 12.3. The van der Waals surface area contributed by atoms with Gasteiger partial charge in [0.15, 0.2) is 11.6 Å². The van der Waals surface area contributed by atoms with E-state index in [1.165, 1.54) is 31.3 Å². The molecule has 0 bridgehead atoms. The van der Waals surface area contributed by atoms with Gasteiger partial charge in [0.1, 0.15) is 22.8 Å². The number of amides is 1. The Morgan fingerprint density at radius 3 is 2.34 bits per heavy atom. The molecule has 38 heavy (non-hydrogen) atoms. The summed E-state index contributed by atoms with van der Waals surface area (Å²) in [5.41, 5.74) is 0.812. The zero-order valence-electron chi connectivity index (χ0n) is 21.5. The second-order valence-electron chi connectivity index (χ2n) is 8.98. The first kappa shape index (κ1) is 27.1. The summed E-state index contributed by atoms with van der Waals surface area (Å²) in [5.74, 6) is -2.76. The van der Waals surface area contributed by atoms with Crippen molar-refractivity contribution in [2.24, 2.45) is 0 Å². The first-order valence-electron chi connectivity index (χ1n) is 12.3. The van der Waals surface area contributed by atoms with E-state index in [-0.39, 0.29) is 36.4 Å². The maximum absolute atomic E-state index is 13.9. The van der Waals surface area contributed by atoms with Crippen molar-refractivity contribution in [1.82, 2.24) is 9.88 Å². The largest absolute Gasteiger partial charge is 0.506 e. The lowest BCUT2D eigenvalue weighted by molar-refractivity contribution is -0.0512. The number of rotatable bonds is 10. The van der Waals surface area contributed by atoms with Crippen LogP contribution in [0.15, 0.2) is 36.4 Å². The van der Waals surface area contributed by atoms with Gasteiger partial charge in [-0.1, -0.05) is 31.5 Å². The van der Waals surface area contributed by atoms with Gasteiger partial charge in [-0.05, 0) is 31.0 Å². The van der Waals surface area contributed by atoms with Crippen molar-refractivity contribution in [2.75, 3.05) is 27.3 Å². The highest BCUT2D eigenvalue weighted by molar-refractivity contribution is 6.02. The van der Waals surface area contributed by atoms with E-state index in [2.05, 4.69) is 4.98 Å². The number of aromatic nitrogens is 1. The molecule has 1 aromatic heterocycles. The van der Waals surface area contributed by atoms with E-state index in [0.717, 1.165) is 18.9 Å². The molecule has 3 aromatic rings. The molecule has 1 aliphatic heterocycles. The zero-order valence-corrected chi connectivity index (χ0v) is 21.5. The summed E-state index contributed by atoms with van der Waals surface area (Å²) in [7, 11) is 2.97. The molecule has 0 unspecified atom stereocenters. The monoisotopic (exact) mass is 528 g/mol. The third kappa shape index (κ3) is 5.22. The second-order valence-corrected chi connectivity index (χ2v) is 8.98. The number of likely N-dealkylation sites (tertiary alicyclic amines) is 1. The molecule has 0 spiro atoms. The molecule has 2 aromatic carbocycles. The van der Waals surface area contributed by atoms with Crippen LogP contribution in [-0.4, -0.2) is 59.4 Å². The highest BCUT2D eigenvalue weighted by Gasteiger charge is 2.37. The van der Waals surface area contributed by atoms with Crippen LogP contribution in [0.5, 0.6) is 23.1 Å². The SMILES string of the molecule is CCCCc1nc(O)c(C(=O)N2CC(OCc3cccc(F)c3F)C2)c(O)c1-c1c(OC)cccc1OC. The van der Waals surface area contributed by atoms with E-state index in [9.17, 15) is 23.8 Å². The van der Waals surface area contributed by atoms with Crippen molar-refractivity contribution < 1.29 is 38.0 Å². The minimum Gasteiger partial charge on any atom is -0.506 e. The van der Waals surface area contributed by atoms with Gasteiger partial charge in [0.25, 0.3) is 5.91 Å². The Hall–Kier alpha value is -3.92. The van der Waals surface area contributed by atoms with Crippen LogP contribution in [0.25, 0.3) is 11.1 Å². The van der Waals surface area contributed by atoms with Gasteiger partial charge in [-0.15, -0.1) is 0 Å². The third-order valence-corrected chi connectivity index (χ3v) is 6.53. The van der Waals surface area contributed by atoms with Crippen LogP contribution >= 0.6 is 0 Å². The fraction of sp³-hybridized carbons (Fsp3) is 0.357. The first-order chi connectivity index (χ1) is 18.3. The van der Waals surface area contributed by atoms with Gasteiger partial charge in [0.2, 0.25) is 5.88 Å². The number of carbonyl (C=O) groups is 1. The molecule has 0 aliphatic carbocycles. The van der Waals surface area contributed by atoms with E-state index in [4.69, 9.17) is 14.2 Å². The zero-order chi connectivity index (χ0) is 27.4. The van der Waals surface area contributed by atoms with Crippen molar-refractivity contribution in [3.05, 3.63) is 64.9 Å². The average Bonchev–Trinajstić information content (AvgIpc) is 2.88. The highest BCUT2D eigenvalue weighted by atomic mass is 19.2. The van der Waals surface area contributed by atoms with E-state index in [0.29, 0.717) is 29.2 Å². The number of aryl methyl sites for hydroxylation is 1. The third-order valence-electron chi connectivity index (χ3n) is 6.53. The minimum atomic E-state index is -0.969. The van der Waals surface area contributed by atoms with Crippen LogP contribution in [-0.2, 0) is 17.8 Å². The minimum absolute atomic E-state index is 0.0762. The fourth-order valence-corrected chi connectivity index (χ4v) is 4.42. The lowest BCUT2D eigenvalue weighted by atomic mass is 9.95. The normalized spacial score (nSPS) is 13.3. The molecule has 4 rings (SSSR count). The number of carbonyl (C=O) groups excluding carboxylic acids is 1. The number of pyridine rings is 1. The number of hydrogen-bond donors (Lipinski definition) is 2. The van der Waals surface area contributed by atoms with E-state index >= 15 is 0 Å². The summed E-state index contributed by atoms with van der Waals surface area (Å²) in [6, 6.07) is 8.99. The molecule has 1 fully saturated rings. The Kier molecular flexibility index (Phi) is 8.31. The molecule has 202 valence electrons. The van der Waals surface area contributed by atoms with Gasteiger partial charge >= 0.3 is 0 Å². The molecular formula is C28H30F2N2O6. The van der Waals surface area contributed by atoms with Crippen LogP contribution in [0.4, 0.5) is 8.78 Å². The van der Waals surface area contributed by atoms with Crippen LogP contribution in [0.1, 0.15) is 41.4 Å². The Balaban J connectivity index is 1.61. The van der Waals surface area contributed by atoms with Crippen LogP contribution < -0.4 is 9.47 Å². The summed E-state index contributed by atoms with van der Waals surface area (Å²) in [6.07, 6.45) is 1.61. The standard InChI is InChI=1S/C28H30F2N2O6/c1-4-5-10-19-22(23-20(36-2)11-7-12-21(23)37-3)26(33)24(27(34)31-19)28(35)32-13-17(14-32)38-15-16-8-6-9-18(29)25(16)30/h6-9,11-12,17H,4-5,10,13-15H2,1-3H3,(H2,31,33,34). The molecule has 0 atom stereocenters. The molecule has 1 amide bonds. The van der Waals surface area contributed by atoms with Crippen molar-refractivity contribution in [3.63, 3.8) is 0 Å². The second kappa shape index (κ2) is 11.6. The maximum atomic E-state index is 13.9. The van der Waals surface area contributed by atoms with Crippen molar-refractivity contribution in [2.45, 2.75) is 38.9 Å². The van der Waals surface area contributed by atoms with Gasteiger partial charge < -0.3 is 29.3 Å². The molecule has 1 saturated heterocycles. The number of methoxy groups -OCH3 is 2. The molecule has 2 N–H and O–H groups in total. The highest BCUT2D eigenvalue weighted by Crippen LogP contribution is 2.47. The lowest BCUT2D eigenvalue weighted by Gasteiger charge is -2.39. The average molecular weight is 529 g/mol. The molecule has 0 saturated carbocycles. The molecule has 2 heterocycles. The van der Waals surface area contributed by atoms with Crippen molar-refractivity contribution >= 4 is 5.91 Å². The molecule has 0 radical (unpaired) electrons. The number of benzene rings is 2. The van der Waals surface area contributed by atoms with Crippen LogP contribution in [0, 0.1) is 11.6 Å². The molecule has 1 aliphatic rings. The number of hydrogen-bond acceptors (Lipinski definition) is 7. The molecule has 10 heteroatoms. The van der Waals surface area contributed by atoms with Gasteiger partial charge in [-0.25, -0.2) is 13.8 Å². The predicted molar refractivity (Wildman–Crippen MR) is 136 cm³/mol. The van der Waals surface area contributed by atoms with E-state index in [1.807, 2.05) is 6.92 Å². The van der Waals surface area contributed by atoms with Gasteiger partial charge in [-0.3, -0.25) is 4.79 Å². The summed E-state index contributed by atoms with van der Waals surface area (Å²) in [6.45, 7) is 2.13. The van der Waals surface area contributed by atoms with E-state index in [1.54, 1.807) is 18.2 Å². The number of unbranched alkanes of at least 4 members (excludes halogenated alkanes) is 1. The van der Waals surface area contributed by atoms with Crippen molar-refractivity contribution in [3.8, 4) is 34.3 Å². The Morgan fingerprint density at radius 2 is 1.71 bits per heavy atom. The maximum Gasteiger partial charge on any atom is 0.263 e. The quantitative estimate of drug-likeness (QED) is 0.388.